The van der Waals surface area contributed by atoms with Crippen molar-refractivity contribution >= 4 is 5.91 Å². The van der Waals surface area contributed by atoms with Crippen LogP contribution in [-0.2, 0) is 28.2 Å². The molecular formula is C18H23N5O2. The Morgan fingerprint density at radius 1 is 1.36 bits per heavy atom. The van der Waals surface area contributed by atoms with Crippen LogP contribution in [0.15, 0.2) is 36.7 Å². The largest absolute Gasteiger partial charge is 0.364 e. The number of aromatic nitrogens is 3. The quantitative estimate of drug-likeness (QED) is 0.895. The van der Waals surface area contributed by atoms with Gasteiger partial charge in [-0.15, -0.1) is 0 Å². The van der Waals surface area contributed by atoms with Gasteiger partial charge in [0.2, 0.25) is 5.91 Å². The second kappa shape index (κ2) is 6.57. The van der Waals surface area contributed by atoms with Crippen LogP contribution in [0.25, 0.3) is 0 Å². The van der Waals surface area contributed by atoms with Crippen LogP contribution in [0.5, 0.6) is 0 Å². The lowest BCUT2D eigenvalue weighted by atomic mass is 9.77. The molecule has 132 valence electrons. The molecule has 2 atom stereocenters. The Bertz CT molecular complexity index is 747. The summed E-state index contributed by atoms with van der Waals surface area (Å²) in [5, 5.41) is 7.47. The van der Waals surface area contributed by atoms with Crippen LogP contribution in [-0.4, -0.2) is 51.4 Å². The fraction of sp³-hybridized carbons (Fsp3) is 0.500. The maximum absolute atomic E-state index is 12.0. The topological polar surface area (TPSA) is 72.3 Å². The van der Waals surface area contributed by atoms with E-state index in [1.54, 1.807) is 6.33 Å². The molecule has 7 nitrogen and oxygen atoms in total. The molecule has 1 N–H and O–H groups in total. The van der Waals surface area contributed by atoms with Gasteiger partial charge in [-0.05, 0) is 18.9 Å². The lowest BCUT2D eigenvalue weighted by molar-refractivity contribution is -0.152. The number of amides is 1. The van der Waals surface area contributed by atoms with Crippen LogP contribution in [0.3, 0.4) is 0 Å². The summed E-state index contributed by atoms with van der Waals surface area (Å²) in [5.74, 6) is 0.925. The van der Waals surface area contributed by atoms with Crippen molar-refractivity contribution in [1.82, 2.24) is 25.0 Å². The first-order valence-corrected chi connectivity index (χ1v) is 8.78. The molecule has 1 amide bonds. The highest BCUT2D eigenvalue weighted by Gasteiger charge is 2.49. The summed E-state index contributed by atoms with van der Waals surface area (Å²) < 4.78 is 7.88. The number of rotatable bonds is 4. The fourth-order valence-electron chi connectivity index (χ4n) is 3.93. The summed E-state index contributed by atoms with van der Waals surface area (Å²) in [6.07, 6.45) is 2.35. The van der Waals surface area contributed by atoms with Crippen molar-refractivity contribution in [3.8, 4) is 0 Å². The van der Waals surface area contributed by atoms with Crippen LogP contribution >= 0.6 is 0 Å². The summed E-state index contributed by atoms with van der Waals surface area (Å²) in [7, 11) is 0. The summed E-state index contributed by atoms with van der Waals surface area (Å²) in [6, 6.07) is 10.2. The number of likely N-dealkylation sites (tertiary alicyclic amines) is 1. The van der Waals surface area contributed by atoms with E-state index in [1.165, 1.54) is 0 Å². The minimum atomic E-state index is -0.439. The fourth-order valence-corrected chi connectivity index (χ4v) is 3.93. The third-order valence-corrected chi connectivity index (χ3v) is 5.22. The van der Waals surface area contributed by atoms with Crippen molar-refractivity contribution in [3.63, 3.8) is 0 Å². The molecule has 0 bridgehead atoms. The van der Waals surface area contributed by atoms with Gasteiger partial charge in [0.05, 0.1) is 18.2 Å². The van der Waals surface area contributed by atoms with Gasteiger partial charge in [-0.3, -0.25) is 9.69 Å². The van der Waals surface area contributed by atoms with Gasteiger partial charge < -0.3 is 10.1 Å². The normalized spacial score (nSPS) is 26.9. The van der Waals surface area contributed by atoms with E-state index in [1.807, 2.05) is 22.9 Å². The molecule has 0 spiro atoms. The predicted octanol–water partition coefficient (Wildman–Crippen LogP) is 0.914. The molecule has 2 aliphatic heterocycles. The number of carbonyl (C=O) groups excluding carboxylic acids is 1. The number of nitrogens with zero attached hydrogens (tertiary/aromatic N) is 4. The highest BCUT2D eigenvalue weighted by atomic mass is 16.5. The Hall–Kier alpha value is -2.25. The zero-order valence-electron chi connectivity index (χ0n) is 14.4. The number of hydrogen-bond acceptors (Lipinski definition) is 5. The Balaban J connectivity index is 1.56. The Kier molecular flexibility index (Phi) is 4.27. The van der Waals surface area contributed by atoms with Crippen molar-refractivity contribution in [3.05, 3.63) is 48.0 Å². The van der Waals surface area contributed by atoms with E-state index < -0.39 is 5.54 Å². The number of morpholine rings is 1. The molecule has 4 rings (SSSR count). The average molecular weight is 341 g/mol. The molecule has 3 heterocycles. The molecular weight excluding hydrogens is 318 g/mol. The van der Waals surface area contributed by atoms with Crippen molar-refractivity contribution in [2.75, 3.05) is 19.7 Å². The molecule has 0 unspecified atom stereocenters. The Morgan fingerprint density at radius 2 is 2.20 bits per heavy atom. The molecule has 0 aliphatic carbocycles. The highest BCUT2D eigenvalue weighted by molar-refractivity contribution is 5.79. The van der Waals surface area contributed by atoms with E-state index in [-0.39, 0.29) is 18.6 Å². The van der Waals surface area contributed by atoms with Gasteiger partial charge in [-0.25, -0.2) is 9.67 Å². The van der Waals surface area contributed by atoms with E-state index in [9.17, 15) is 4.79 Å². The first-order valence-electron chi connectivity index (χ1n) is 8.78. The third-order valence-electron chi connectivity index (χ3n) is 5.22. The van der Waals surface area contributed by atoms with E-state index >= 15 is 0 Å². The van der Waals surface area contributed by atoms with E-state index in [4.69, 9.17) is 4.74 Å². The zero-order valence-corrected chi connectivity index (χ0v) is 14.4. The molecule has 1 aromatic carbocycles. The molecule has 0 saturated carbocycles. The van der Waals surface area contributed by atoms with Gasteiger partial charge >= 0.3 is 0 Å². The Labute approximate surface area is 147 Å². The van der Waals surface area contributed by atoms with Gasteiger partial charge in [0, 0.05) is 19.6 Å². The maximum atomic E-state index is 12.0. The number of fused-ring (bicyclic) bond motifs is 1. The summed E-state index contributed by atoms with van der Waals surface area (Å²) in [5.41, 5.74) is 0.676. The van der Waals surface area contributed by atoms with Crippen LogP contribution in [0.2, 0.25) is 0 Å². The SMILES string of the molecule is CCn1ncnc1CN1CC[C@@]2(c3ccccc3)NC(=O)CO[C@@H]2C1. The number of nitrogens with one attached hydrogen (secondary N) is 1. The number of benzene rings is 1. The monoisotopic (exact) mass is 341 g/mol. The van der Waals surface area contributed by atoms with Crippen molar-refractivity contribution in [2.24, 2.45) is 0 Å². The van der Waals surface area contributed by atoms with E-state index in [2.05, 4.69) is 39.4 Å². The standard InChI is InChI=1S/C18H23N5O2/c1-2-23-16(19-13-20-23)11-22-9-8-18(14-6-4-3-5-7-14)15(10-22)25-12-17(24)21-18/h3-7,13,15H,2,8-12H2,1H3,(H,21,24)/t15-,18+/m1/s1. The highest BCUT2D eigenvalue weighted by Crippen LogP contribution is 2.37. The molecule has 2 saturated heterocycles. The summed E-state index contributed by atoms with van der Waals surface area (Å²) >= 11 is 0. The number of hydrogen-bond donors (Lipinski definition) is 1. The van der Waals surface area contributed by atoms with Gasteiger partial charge in [0.15, 0.2) is 0 Å². The minimum Gasteiger partial charge on any atom is -0.364 e. The molecule has 2 fully saturated rings. The van der Waals surface area contributed by atoms with Crippen molar-refractivity contribution in [2.45, 2.75) is 38.1 Å². The lowest BCUT2D eigenvalue weighted by Gasteiger charge is -2.50. The predicted molar refractivity (Wildman–Crippen MR) is 91.6 cm³/mol. The summed E-state index contributed by atoms with van der Waals surface area (Å²) in [6.45, 7) is 5.36. The number of ether oxygens (including phenoxy) is 1. The first kappa shape index (κ1) is 16.2. The third kappa shape index (κ3) is 2.94. The minimum absolute atomic E-state index is 0.0423. The molecule has 25 heavy (non-hydrogen) atoms. The molecule has 7 heteroatoms. The first-order chi connectivity index (χ1) is 12.2. The van der Waals surface area contributed by atoms with Crippen LogP contribution in [0, 0.1) is 0 Å². The second-order valence-corrected chi connectivity index (χ2v) is 6.66. The number of piperidine rings is 1. The van der Waals surface area contributed by atoms with Crippen molar-refractivity contribution in [1.29, 1.82) is 0 Å². The van der Waals surface area contributed by atoms with Gasteiger partial charge in [0.25, 0.3) is 0 Å². The zero-order chi connectivity index (χ0) is 17.3. The second-order valence-electron chi connectivity index (χ2n) is 6.66. The Morgan fingerprint density at radius 3 is 3.00 bits per heavy atom. The molecule has 0 radical (unpaired) electrons. The molecule has 1 aromatic heterocycles. The average Bonchev–Trinajstić information content (AvgIpc) is 3.10. The van der Waals surface area contributed by atoms with Crippen LogP contribution < -0.4 is 5.32 Å². The molecule has 2 aliphatic rings. The van der Waals surface area contributed by atoms with E-state index in [0.29, 0.717) is 0 Å². The van der Waals surface area contributed by atoms with E-state index in [0.717, 1.165) is 44.0 Å². The maximum Gasteiger partial charge on any atom is 0.246 e. The molecule has 2 aromatic rings. The smallest absolute Gasteiger partial charge is 0.246 e. The van der Waals surface area contributed by atoms with Gasteiger partial charge in [-0.2, -0.15) is 5.10 Å². The van der Waals surface area contributed by atoms with Gasteiger partial charge in [0.1, 0.15) is 18.8 Å². The van der Waals surface area contributed by atoms with Crippen LogP contribution in [0.4, 0.5) is 0 Å². The number of carbonyl (C=O) groups is 1. The van der Waals surface area contributed by atoms with Crippen LogP contribution in [0.1, 0.15) is 24.7 Å². The lowest BCUT2D eigenvalue weighted by Crippen LogP contribution is -2.66. The van der Waals surface area contributed by atoms with Gasteiger partial charge in [-0.1, -0.05) is 30.3 Å². The number of aryl methyl sites for hydroxylation is 1. The van der Waals surface area contributed by atoms with Crippen molar-refractivity contribution < 1.29 is 9.53 Å². The summed E-state index contributed by atoms with van der Waals surface area (Å²) in [4.78, 5) is 18.8.